The lowest BCUT2D eigenvalue weighted by Gasteiger charge is -2.18. The molecule has 2 aromatic carbocycles. The van der Waals surface area contributed by atoms with Crippen molar-refractivity contribution < 1.29 is 13.9 Å². The number of amides is 1. The van der Waals surface area contributed by atoms with E-state index in [4.69, 9.17) is 9.15 Å². The van der Waals surface area contributed by atoms with Crippen molar-refractivity contribution in [3.8, 4) is 5.75 Å². The number of nitrogens with zero attached hydrogens (tertiary/aromatic N) is 2. The largest absolute Gasteiger partial charge is 0.484 e. The summed E-state index contributed by atoms with van der Waals surface area (Å²) in [5, 5.41) is 0.798. The molecule has 0 bridgehead atoms. The van der Waals surface area contributed by atoms with E-state index < -0.39 is 5.63 Å². The first-order valence-corrected chi connectivity index (χ1v) is 8.59. The van der Waals surface area contributed by atoms with Crippen LogP contribution in [0.3, 0.4) is 0 Å². The van der Waals surface area contributed by atoms with E-state index >= 15 is 0 Å². The number of hydrogen-bond acceptors (Lipinski definition) is 5. The number of carbonyl (C=O) groups excluding carboxylic acids is 1. The van der Waals surface area contributed by atoms with E-state index in [0.717, 1.165) is 16.6 Å². The van der Waals surface area contributed by atoms with Crippen molar-refractivity contribution in [1.82, 2.24) is 4.90 Å². The first kappa shape index (κ1) is 18.5. The maximum atomic E-state index is 12.3. The molecule has 140 valence electrons. The molecule has 6 nitrogen and oxygen atoms in total. The molecular weight excluding hydrogens is 344 g/mol. The summed E-state index contributed by atoms with van der Waals surface area (Å²) < 4.78 is 10.7. The molecule has 0 atom stereocenters. The Morgan fingerprint density at radius 2 is 1.70 bits per heavy atom. The second kappa shape index (κ2) is 7.95. The van der Waals surface area contributed by atoms with Gasteiger partial charge in [-0.05, 0) is 35.9 Å². The Hall–Kier alpha value is -3.28. The number of hydrogen-bond donors (Lipinski definition) is 0. The average Bonchev–Trinajstić information content (AvgIpc) is 2.66. The van der Waals surface area contributed by atoms with Crippen LogP contribution in [0.5, 0.6) is 5.75 Å². The van der Waals surface area contributed by atoms with E-state index in [1.165, 1.54) is 6.07 Å². The molecule has 27 heavy (non-hydrogen) atoms. The third kappa shape index (κ3) is 4.67. The summed E-state index contributed by atoms with van der Waals surface area (Å²) >= 11 is 0. The van der Waals surface area contributed by atoms with Crippen LogP contribution in [-0.4, -0.2) is 38.6 Å². The highest BCUT2D eigenvalue weighted by Crippen LogP contribution is 2.19. The maximum absolute atomic E-state index is 12.3. The minimum atomic E-state index is -0.421. The summed E-state index contributed by atoms with van der Waals surface area (Å²) in [5.74, 6) is 0.343. The second-order valence-corrected chi connectivity index (χ2v) is 6.55. The Labute approximate surface area is 157 Å². The molecule has 1 aromatic heterocycles. The fourth-order valence-corrected chi connectivity index (χ4v) is 2.65. The fourth-order valence-electron chi connectivity index (χ4n) is 2.65. The van der Waals surface area contributed by atoms with Crippen molar-refractivity contribution in [2.45, 2.75) is 6.54 Å². The van der Waals surface area contributed by atoms with E-state index in [9.17, 15) is 9.59 Å². The Morgan fingerprint density at radius 3 is 2.41 bits per heavy atom. The van der Waals surface area contributed by atoms with Gasteiger partial charge in [0.1, 0.15) is 11.3 Å². The Morgan fingerprint density at radius 1 is 1.00 bits per heavy atom. The van der Waals surface area contributed by atoms with Crippen LogP contribution in [0.1, 0.15) is 5.56 Å². The fraction of sp³-hybridized carbons (Fsp3) is 0.238. The van der Waals surface area contributed by atoms with Crippen LogP contribution in [0.2, 0.25) is 0 Å². The summed E-state index contributed by atoms with van der Waals surface area (Å²) in [5.41, 5.74) is 2.17. The van der Waals surface area contributed by atoms with Gasteiger partial charge in [0.2, 0.25) is 0 Å². The predicted molar refractivity (Wildman–Crippen MR) is 105 cm³/mol. The molecule has 1 heterocycles. The van der Waals surface area contributed by atoms with E-state index in [2.05, 4.69) is 0 Å². The topological polar surface area (TPSA) is 63.0 Å². The zero-order valence-electron chi connectivity index (χ0n) is 15.6. The quantitative estimate of drug-likeness (QED) is 0.628. The van der Waals surface area contributed by atoms with Gasteiger partial charge in [0.05, 0.1) is 0 Å². The zero-order chi connectivity index (χ0) is 19.4. The monoisotopic (exact) mass is 366 g/mol. The lowest BCUT2D eigenvalue weighted by atomic mass is 10.2. The van der Waals surface area contributed by atoms with Gasteiger partial charge in [0, 0.05) is 50.9 Å². The van der Waals surface area contributed by atoms with Crippen molar-refractivity contribution in [2.24, 2.45) is 0 Å². The summed E-state index contributed by atoms with van der Waals surface area (Å²) in [7, 11) is 5.71. The van der Waals surface area contributed by atoms with Crippen LogP contribution in [0.4, 0.5) is 5.69 Å². The Bertz CT molecular complexity index is 993. The molecule has 6 heteroatoms. The molecule has 0 N–H and O–H groups in total. The van der Waals surface area contributed by atoms with Crippen LogP contribution >= 0.6 is 0 Å². The van der Waals surface area contributed by atoms with E-state index in [0.29, 0.717) is 17.9 Å². The molecular formula is C21H22N2O4. The third-order valence-corrected chi connectivity index (χ3v) is 4.26. The second-order valence-electron chi connectivity index (χ2n) is 6.55. The van der Waals surface area contributed by atoms with Gasteiger partial charge in [-0.25, -0.2) is 4.79 Å². The molecule has 3 aromatic rings. The molecule has 0 unspecified atom stereocenters. The van der Waals surface area contributed by atoms with E-state index in [1.54, 1.807) is 36.2 Å². The molecule has 3 rings (SSSR count). The molecule has 0 saturated heterocycles. The Balaban J connectivity index is 1.59. The summed E-state index contributed by atoms with van der Waals surface area (Å²) in [6.45, 7) is 0.414. The molecule has 0 aliphatic heterocycles. The number of benzene rings is 2. The van der Waals surface area contributed by atoms with Crippen LogP contribution in [-0.2, 0) is 11.3 Å². The number of likely N-dealkylation sites (N-methyl/N-ethyl adjacent to an activating group) is 1. The summed E-state index contributed by atoms with van der Waals surface area (Å²) in [6.07, 6.45) is 0. The normalized spacial score (nSPS) is 10.6. The number of ether oxygens (including phenoxy) is 1. The van der Waals surface area contributed by atoms with Gasteiger partial charge in [-0.2, -0.15) is 0 Å². The molecule has 0 aliphatic rings. The third-order valence-electron chi connectivity index (χ3n) is 4.26. The first-order valence-electron chi connectivity index (χ1n) is 8.59. The van der Waals surface area contributed by atoms with Gasteiger partial charge in [-0.1, -0.05) is 12.1 Å². The molecule has 0 saturated carbocycles. The number of anilines is 1. The average molecular weight is 366 g/mol. The van der Waals surface area contributed by atoms with Crippen molar-refractivity contribution in [2.75, 3.05) is 32.6 Å². The smallest absolute Gasteiger partial charge is 0.336 e. The highest BCUT2D eigenvalue weighted by Gasteiger charge is 2.11. The van der Waals surface area contributed by atoms with Crippen LogP contribution in [0.15, 0.2) is 63.8 Å². The van der Waals surface area contributed by atoms with Crippen LogP contribution < -0.4 is 15.3 Å². The van der Waals surface area contributed by atoms with Gasteiger partial charge in [-0.15, -0.1) is 0 Å². The first-order chi connectivity index (χ1) is 12.9. The van der Waals surface area contributed by atoms with Gasteiger partial charge in [0.25, 0.3) is 5.91 Å². The van der Waals surface area contributed by atoms with E-state index in [-0.39, 0.29) is 12.5 Å². The molecule has 0 radical (unpaired) electrons. The number of carbonyl (C=O) groups is 1. The van der Waals surface area contributed by atoms with Crippen molar-refractivity contribution in [3.63, 3.8) is 0 Å². The molecule has 0 spiro atoms. The zero-order valence-corrected chi connectivity index (χ0v) is 15.6. The van der Waals surface area contributed by atoms with Crippen molar-refractivity contribution in [1.29, 1.82) is 0 Å². The van der Waals surface area contributed by atoms with Gasteiger partial charge in [-0.3, -0.25) is 4.79 Å². The number of fused-ring (bicyclic) bond motifs is 1. The van der Waals surface area contributed by atoms with E-state index in [1.807, 2.05) is 43.3 Å². The number of rotatable bonds is 6. The lowest BCUT2D eigenvalue weighted by molar-refractivity contribution is -0.132. The van der Waals surface area contributed by atoms with Gasteiger partial charge >= 0.3 is 5.63 Å². The minimum Gasteiger partial charge on any atom is -0.484 e. The highest BCUT2D eigenvalue weighted by atomic mass is 16.5. The minimum absolute atomic E-state index is 0.0884. The van der Waals surface area contributed by atoms with Crippen LogP contribution in [0, 0.1) is 0 Å². The molecule has 0 aliphatic carbocycles. The van der Waals surface area contributed by atoms with Gasteiger partial charge < -0.3 is 19.0 Å². The van der Waals surface area contributed by atoms with Crippen molar-refractivity contribution in [3.05, 3.63) is 70.6 Å². The van der Waals surface area contributed by atoms with Crippen LogP contribution in [0.25, 0.3) is 11.0 Å². The SMILES string of the molecule is CN(Cc1ccc(N(C)C)cc1)C(=O)COc1ccc2ccc(=O)oc2c1. The standard InChI is InChI=1S/C21H22N2O4/c1-22(2)17-8-4-15(5-9-17)13-23(3)20(24)14-26-18-10-6-16-7-11-21(25)27-19(16)12-18/h4-12H,13-14H2,1-3H3. The van der Waals surface area contributed by atoms with Gasteiger partial charge in [0.15, 0.2) is 6.61 Å². The highest BCUT2D eigenvalue weighted by molar-refractivity contribution is 5.79. The van der Waals surface area contributed by atoms with Crippen molar-refractivity contribution >= 4 is 22.6 Å². The predicted octanol–water partition coefficient (Wildman–Crippen LogP) is 2.90. The summed E-state index contributed by atoms with van der Waals surface area (Å²) in [6, 6.07) is 16.3. The lowest BCUT2D eigenvalue weighted by Crippen LogP contribution is -2.30. The molecule has 1 amide bonds. The maximum Gasteiger partial charge on any atom is 0.336 e. The molecule has 0 fully saturated rings. The summed E-state index contributed by atoms with van der Waals surface area (Å²) in [4.78, 5) is 27.3. The Kier molecular flexibility index (Phi) is 5.45.